The van der Waals surface area contributed by atoms with Crippen LogP contribution in [0.15, 0.2) is 46.6 Å². The second-order valence-electron chi connectivity index (χ2n) is 4.20. The molecule has 2 unspecified atom stereocenters. The third-order valence-electron chi connectivity index (χ3n) is 3.03. The van der Waals surface area contributed by atoms with Crippen LogP contribution in [0.4, 0.5) is 5.69 Å². The lowest BCUT2D eigenvalue weighted by Gasteiger charge is -2.16. The topological polar surface area (TPSA) is 64.6 Å². The number of rotatable bonds is 1. The van der Waals surface area contributed by atoms with Crippen molar-refractivity contribution in [3.63, 3.8) is 0 Å². The van der Waals surface area contributed by atoms with E-state index in [0.717, 1.165) is 10.0 Å². The fraction of sp³-hybridized carbons (Fsp3) is 0.167. The number of ether oxygens (including phenoxy) is 1. The minimum atomic E-state index is -0.530. The second kappa shape index (κ2) is 3.37. The number of fused-ring (bicyclic) bond motifs is 1. The van der Waals surface area contributed by atoms with Crippen molar-refractivity contribution in [3.05, 3.63) is 52.2 Å². The Labute approximate surface area is 116 Å². The molecule has 1 aromatic carbocycles. The van der Waals surface area contributed by atoms with Crippen LogP contribution in [-0.4, -0.2) is 4.51 Å². The Balaban J connectivity index is 2.11. The quantitative estimate of drug-likeness (QED) is 0.461. The van der Waals surface area contributed by atoms with Crippen LogP contribution in [0.25, 0.3) is 0 Å². The normalized spacial score (nSPS) is 34.1. The Morgan fingerprint density at radius 2 is 2.00 bits per heavy atom. The largest absolute Gasteiger partial charge is 0.399 e. The molecular weight excluding hydrogens is 348 g/mol. The summed E-state index contributed by atoms with van der Waals surface area (Å²) in [5.41, 5.74) is 13.5. The molecule has 1 heterocycles. The van der Waals surface area contributed by atoms with Gasteiger partial charge in [-0.3, -0.25) is 0 Å². The van der Waals surface area contributed by atoms with Crippen LogP contribution in [0.2, 0.25) is 0 Å². The maximum Gasteiger partial charge on any atom is 0.182 e. The average Bonchev–Trinajstić information content (AvgIpc) is 2.83. The maximum atomic E-state index is 5.83. The van der Waals surface area contributed by atoms with Crippen molar-refractivity contribution in [2.24, 2.45) is 5.73 Å². The fourth-order valence-corrected chi connectivity index (χ4v) is 3.69. The van der Waals surface area contributed by atoms with E-state index in [9.17, 15) is 0 Å². The Morgan fingerprint density at radius 1 is 1.24 bits per heavy atom. The van der Waals surface area contributed by atoms with Crippen LogP contribution >= 0.6 is 31.9 Å². The number of allylic oxidation sites excluding steroid dienone is 1. The first kappa shape index (κ1) is 11.3. The van der Waals surface area contributed by atoms with Crippen molar-refractivity contribution in [1.82, 2.24) is 0 Å². The zero-order valence-corrected chi connectivity index (χ0v) is 12.0. The first-order chi connectivity index (χ1) is 7.97. The lowest BCUT2D eigenvalue weighted by atomic mass is 9.91. The van der Waals surface area contributed by atoms with Crippen LogP contribution in [0.5, 0.6) is 0 Å². The highest BCUT2D eigenvalue weighted by molar-refractivity contribution is 9.10. The number of nitrogens with two attached hydrogens (primary N) is 2. The molecule has 0 aromatic heterocycles. The highest BCUT2D eigenvalue weighted by Crippen LogP contribution is 2.64. The van der Waals surface area contributed by atoms with Gasteiger partial charge in [-0.15, -0.1) is 0 Å². The summed E-state index contributed by atoms with van der Waals surface area (Å²) >= 11 is 7.09. The number of anilines is 1. The molecular formula is C12H10Br2N2O. The number of halogens is 2. The third-order valence-corrected chi connectivity index (χ3v) is 4.67. The lowest BCUT2D eigenvalue weighted by molar-refractivity contribution is 0.340. The molecule has 88 valence electrons. The summed E-state index contributed by atoms with van der Waals surface area (Å²) in [6.07, 6.45) is 5.69. The van der Waals surface area contributed by atoms with Gasteiger partial charge in [-0.05, 0) is 46.3 Å². The molecule has 0 bridgehead atoms. The molecule has 2 aliphatic rings. The van der Waals surface area contributed by atoms with Gasteiger partial charge in [-0.2, -0.15) is 0 Å². The Bertz CT molecular complexity index is 570. The van der Waals surface area contributed by atoms with Crippen molar-refractivity contribution in [2.45, 2.75) is 10.1 Å². The number of hydrogen-bond donors (Lipinski definition) is 2. The van der Waals surface area contributed by atoms with Gasteiger partial charge in [-0.25, -0.2) is 0 Å². The van der Waals surface area contributed by atoms with Crippen molar-refractivity contribution in [2.75, 3.05) is 5.73 Å². The Hall–Kier alpha value is -0.780. The molecule has 1 fully saturated rings. The van der Waals surface area contributed by atoms with Gasteiger partial charge in [0, 0.05) is 21.4 Å². The van der Waals surface area contributed by atoms with E-state index in [4.69, 9.17) is 16.2 Å². The Morgan fingerprint density at radius 3 is 2.65 bits per heavy atom. The standard InChI is InChI=1S/C12H10Br2N2O/c13-10-5-7(15)1-2-9(10)11-4-3-8(16)6-12(11,14)17-11/h1-6H,15-16H2. The summed E-state index contributed by atoms with van der Waals surface area (Å²) in [6, 6.07) is 5.69. The van der Waals surface area contributed by atoms with Crippen LogP contribution in [0, 0.1) is 0 Å². The molecule has 0 amide bonds. The number of nitrogen functional groups attached to an aromatic ring is 1. The van der Waals surface area contributed by atoms with E-state index in [1.54, 1.807) is 0 Å². The molecule has 0 saturated carbocycles. The molecule has 3 nitrogen and oxygen atoms in total. The molecule has 0 radical (unpaired) electrons. The zero-order chi connectivity index (χ0) is 12.3. The molecule has 17 heavy (non-hydrogen) atoms. The van der Waals surface area contributed by atoms with E-state index < -0.39 is 10.1 Å². The molecule has 0 spiro atoms. The lowest BCUT2D eigenvalue weighted by Crippen LogP contribution is -2.20. The first-order valence-corrected chi connectivity index (χ1v) is 6.68. The molecule has 5 heteroatoms. The summed E-state index contributed by atoms with van der Waals surface area (Å²) in [5, 5.41) is 0. The second-order valence-corrected chi connectivity index (χ2v) is 6.23. The smallest absolute Gasteiger partial charge is 0.182 e. The summed E-state index contributed by atoms with van der Waals surface area (Å²) in [6.45, 7) is 0. The molecule has 4 N–H and O–H groups in total. The van der Waals surface area contributed by atoms with E-state index in [0.29, 0.717) is 11.4 Å². The maximum absolute atomic E-state index is 5.83. The van der Waals surface area contributed by atoms with Crippen LogP contribution in [-0.2, 0) is 10.3 Å². The van der Waals surface area contributed by atoms with E-state index >= 15 is 0 Å². The average molecular weight is 358 g/mol. The first-order valence-electron chi connectivity index (χ1n) is 5.09. The van der Waals surface area contributed by atoms with Gasteiger partial charge in [0.15, 0.2) is 10.1 Å². The molecule has 1 aliphatic heterocycles. The Kier molecular flexibility index (Phi) is 2.24. The van der Waals surface area contributed by atoms with Crippen molar-refractivity contribution in [3.8, 4) is 0 Å². The predicted molar refractivity (Wildman–Crippen MR) is 74.4 cm³/mol. The summed E-state index contributed by atoms with van der Waals surface area (Å²) in [5.74, 6) is 0. The van der Waals surface area contributed by atoms with Gasteiger partial charge in [-0.1, -0.05) is 22.0 Å². The van der Waals surface area contributed by atoms with Crippen LogP contribution in [0.3, 0.4) is 0 Å². The van der Waals surface area contributed by atoms with Crippen molar-refractivity contribution >= 4 is 37.5 Å². The van der Waals surface area contributed by atoms with Gasteiger partial charge in [0.2, 0.25) is 0 Å². The molecule has 1 saturated heterocycles. The monoisotopic (exact) mass is 356 g/mol. The minimum Gasteiger partial charge on any atom is -0.399 e. The summed E-state index contributed by atoms with van der Waals surface area (Å²) < 4.78 is 6.23. The highest BCUT2D eigenvalue weighted by atomic mass is 79.9. The van der Waals surface area contributed by atoms with E-state index in [1.165, 1.54) is 0 Å². The van der Waals surface area contributed by atoms with Gasteiger partial charge in [0.25, 0.3) is 0 Å². The number of hydrogen-bond acceptors (Lipinski definition) is 3. The van der Waals surface area contributed by atoms with E-state index in [2.05, 4.69) is 31.9 Å². The molecule has 3 rings (SSSR count). The van der Waals surface area contributed by atoms with Crippen molar-refractivity contribution < 1.29 is 4.74 Å². The van der Waals surface area contributed by atoms with Crippen LogP contribution in [0.1, 0.15) is 5.56 Å². The van der Waals surface area contributed by atoms with Crippen LogP contribution < -0.4 is 11.5 Å². The fourth-order valence-electron chi connectivity index (χ4n) is 2.13. The molecule has 1 aromatic rings. The zero-order valence-electron chi connectivity index (χ0n) is 8.78. The minimum absolute atomic E-state index is 0.484. The van der Waals surface area contributed by atoms with Crippen molar-refractivity contribution in [1.29, 1.82) is 0 Å². The highest BCUT2D eigenvalue weighted by Gasteiger charge is 2.69. The molecule has 2 atom stereocenters. The number of epoxide rings is 1. The van der Waals surface area contributed by atoms with Gasteiger partial charge in [0.05, 0.1) is 0 Å². The van der Waals surface area contributed by atoms with E-state index in [-0.39, 0.29) is 0 Å². The predicted octanol–water partition coefficient (Wildman–Crippen LogP) is 2.76. The van der Waals surface area contributed by atoms with Gasteiger partial charge < -0.3 is 16.2 Å². The third kappa shape index (κ3) is 1.49. The van der Waals surface area contributed by atoms with Gasteiger partial charge >= 0.3 is 0 Å². The van der Waals surface area contributed by atoms with E-state index in [1.807, 2.05) is 36.4 Å². The summed E-state index contributed by atoms with van der Waals surface area (Å²) in [4.78, 5) is 0. The molecule has 1 aliphatic carbocycles. The number of alkyl halides is 1. The van der Waals surface area contributed by atoms with Gasteiger partial charge in [0.1, 0.15) is 0 Å². The summed E-state index contributed by atoms with van der Waals surface area (Å²) in [7, 11) is 0. The number of benzene rings is 1. The SMILES string of the molecule is NC1=CC2(Br)OC2(c2ccc(N)cc2Br)C=C1.